The van der Waals surface area contributed by atoms with Crippen LogP contribution in [0.3, 0.4) is 0 Å². The number of benzene rings is 2. The lowest BCUT2D eigenvalue weighted by Crippen LogP contribution is -2.31. The fourth-order valence-electron chi connectivity index (χ4n) is 2.49. The maximum absolute atomic E-state index is 12.2. The minimum atomic E-state index is -3.62. The summed E-state index contributed by atoms with van der Waals surface area (Å²) in [5.74, 6) is -0.0583. The van der Waals surface area contributed by atoms with Gasteiger partial charge in [0, 0.05) is 11.4 Å². The second kappa shape index (κ2) is 10.9. The number of hydrogen-bond donors (Lipinski definition) is 2. The Balaban J connectivity index is 1.94. The van der Waals surface area contributed by atoms with Crippen LogP contribution < -0.4 is 14.8 Å². The van der Waals surface area contributed by atoms with Gasteiger partial charge >= 0.3 is 0 Å². The van der Waals surface area contributed by atoms with Gasteiger partial charge in [-0.15, -0.1) is 11.8 Å². The molecule has 0 aliphatic rings. The summed E-state index contributed by atoms with van der Waals surface area (Å²) in [5, 5.41) is 2.99. The first-order chi connectivity index (χ1) is 13.8. The first kappa shape index (κ1) is 23.5. The predicted octanol–water partition coefficient (Wildman–Crippen LogP) is 4.01. The summed E-state index contributed by atoms with van der Waals surface area (Å²) in [7, 11) is -3.62. The van der Waals surface area contributed by atoms with Gasteiger partial charge in [0.05, 0.1) is 16.0 Å². The van der Waals surface area contributed by atoms with Crippen molar-refractivity contribution in [2.75, 3.05) is 19.4 Å². The fraction of sp³-hybridized carbons (Fsp3) is 0.350. The van der Waals surface area contributed by atoms with Crippen LogP contribution in [-0.4, -0.2) is 33.7 Å². The van der Waals surface area contributed by atoms with Crippen molar-refractivity contribution in [2.45, 2.75) is 36.1 Å². The van der Waals surface area contributed by atoms with Gasteiger partial charge in [0.2, 0.25) is 10.0 Å². The van der Waals surface area contributed by atoms with Crippen LogP contribution in [0.1, 0.15) is 31.9 Å². The molecule has 1 amide bonds. The third kappa shape index (κ3) is 6.92. The van der Waals surface area contributed by atoms with Crippen LogP contribution in [-0.2, 0) is 14.8 Å². The van der Waals surface area contributed by atoms with E-state index in [2.05, 4.69) is 10.0 Å². The molecule has 0 aromatic heterocycles. The van der Waals surface area contributed by atoms with Gasteiger partial charge in [-0.1, -0.05) is 30.7 Å². The van der Waals surface area contributed by atoms with E-state index >= 15 is 0 Å². The third-order valence-electron chi connectivity index (χ3n) is 4.11. The van der Waals surface area contributed by atoms with Gasteiger partial charge in [-0.2, -0.15) is 0 Å². The van der Waals surface area contributed by atoms with Crippen LogP contribution in [0.15, 0.2) is 52.3 Å². The molecule has 0 saturated carbocycles. The number of halogens is 1. The second-order valence-corrected chi connectivity index (χ2v) is 9.39. The maximum atomic E-state index is 12.2. The lowest BCUT2D eigenvalue weighted by atomic mass is 10.1. The van der Waals surface area contributed by atoms with Crippen LogP contribution in [0, 0.1) is 0 Å². The van der Waals surface area contributed by atoms with Crippen molar-refractivity contribution in [3.8, 4) is 5.75 Å². The number of thioether (sulfide) groups is 1. The number of rotatable bonds is 10. The zero-order valence-electron chi connectivity index (χ0n) is 16.6. The molecule has 0 spiro atoms. The topological polar surface area (TPSA) is 84.5 Å². The first-order valence-corrected chi connectivity index (χ1v) is 12.2. The fourth-order valence-corrected chi connectivity index (χ4v) is 4.36. The van der Waals surface area contributed by atoms with E-state index in [4.69, 9.17) is 16.3 Å². The van der Waals surface area contributed by atoms with E-state index < -0.39 is 10.0 Å². The molecule has 6 nitrogen and oxygen atoms in total. The molecule has 2 aromatic rings. The normalized spacial score (nSPS) is 12.4. The van der Waals surface area contributed by atoms with Crippen LogP contribution in [0.2, 0.25) is 5.02 Å². The zero-order chi connectivity index (χ0) is 21.4. The maximum Gasteiger partial charge on any atom is 0.258 e. The molecule has 2 aromatic carbocycles. The summed E-state index contributed by atoms with van der Waals surface area (Å²) < 4.78 is 32.2. The summed E-state index contributed by atoms with van der Waals surface area (Å²) >= 11 is 7.79. The second-order valence-electron chi connectivity index (χ2n) is 6.34. The zero-order valence-corrected chi connectivity index (χ0v) is 19.0. The number of amides is 1. The molecule has 0 unspecified atom stereocenters. The van der Waals surface area contributed by atoms with Gasteiger partial charge in [-0.05, 0) is 55.5 Å². The van der Waals surface area contributed by atoms with Gasteiger partial charge in [0.25, 0.3) is 5.91 Å². The average Bonchev–Trinajstić information content (AvgIpc) is 2.71. The Kier molecular flexibility index (Phi) is 8.82. The Hall–Kier alpha value is -1.74. The Morgan fingerprint density at radius 1 is 1.21 bits per heavy atom. The highest BCUT2D eigenvalue weighted by Gasteiger charge is 2.16. The molecular formula is C20H25ClN2O4S2. The van der Waals surface area contributed by atoms with E-state index in [1.165, 1.54) is 18.2 Å². The highest BCUT2D eigenvalue weighted by Crippen LogP contribution is 2.27. The summed E-state index contributed by atoms with van der Waals surface area (Å²) in [6.45, 7) is 3.88. The molecule has 158 valence electrons. The smallest absolute Gasteiger partial charge is 0.258 e. The Morgan fingerprint density at radius 2 is 1.90 bits per heavy atom. The van der Waals surface area contributed by atoms with Crippen molar-refractivity contribution in [1.82, 2.24) is 10.0 Å². The highest BCUT2D eigenvalue weighted by molar-refractivity contribution is 7.98. The molecule has 2 N–H and O–H groups in total. The Bertz CT molecular complexity index is 934. The average molecular weight is 457 g/mol. The number of hydrogen-bond acceptors (Lipinski definition) is 5. The minimum Gasteiger partial charge on any atom is -0.482 e. The van der Waals surface area contributed by atoms with Gasteiger partial charge in [0.15, 0.2) is 6.61 Å². The van der Waals surface area contributed by atoms with E-state index in [-0.39, 0.29) is 34.2 Å². The molecule has 9 heteroatoms. The minimum absolute atomic E-state index is 0.0510. The lowest BCUT2D eigenvalue weighted by molar-refractivity contribution is -0.123. The molecule has 29 heavy (non-hydrogen) atoms. The number of sulfonamides is 1. The number of ether oxygens (including phenoxy) is 1. The summed E-state index contributed by atoms with van der Waals surface area (Å²) in [6.07, 6.45) is 2.69. The molecule has 0 heterocycles. The summed E-state index contributed by atoms with van der Waals surface area (Å²) in [6, 6.07) is 11.9. The molecule has 0 radical (unpaired) electrons. The standard InChI is InChI=1S/C20H25ClN2O4S2/c1-4-11-22-29(25,26)17-9-10-19(18(21)12-17)27-13-20(24)23-14(2)15-5-7-16(28-3)8-6-15/h5-10,12,14,22H,4,11,13H2,1-3H3,(H,23,24)/t14-/m0/s1. The van der Waals surface area contributed by atoms with E-state index in [1.807, 2.05) is 44.4 Å². The van der Waals surface area contributed by atoms with Crippen molar-refractivity contribution < 1.29 is 17.9 Å². The van der Waals surface area contributed by atoms with E-state index in [0.29, 0.717) is 13.0 Å². The Labute approximate surface area is 181 Å². The molecule has 2 rings (SSSR count). The van der Waals surface area contributed by atoms with Crippen molar-refractivity contribution in [1.29, 1.82) is 0 Å². The van der Waals surface area contributed by atoms with Crippen LogP contribution >= 0.6 is 23.4 Å². The summed E-state index contributed by atoms with van der Waals surface area (Å²) in [5.41, 5.74) is 0.989. The van der Waals surface area contributed by atoms with Crippen LogP contribution in [0.25, 0.3) is 0 Å². The highest BCUT2D eigenvalue weighted by atomic mass is 35.5. The summed E-state index contributed by atoms with van der Waals surface area (Å²) in [4.78, 5) is 13.4. The van der Waals surface area contributed by atoms with Gasteiger partial charge in [0.1, 0.15) is 5.75 Å². The van der Waals surface area contributed by atoms with Crippen molar-refractivity contribution in [3.05, 3.63) is 53.1 Å². The molecule has 0 fully saturated rings. The molecule has 1 atom stereocenters. The van der Waals surface area contributed by atoms with Gasteiger partial charge in [-0.25, -0.2) is 13.1 Å². The van der Waals surface area contributed by atoms with Gasteiger partial charge < -0.3 is 10.1 Å². The molecule has 0 saturated heterocycles. The molecular weight excluding hydrogens is 432 g/mol. The molecule has 0 aliphatic carbocycles. The third-order valence-corrected chi connectivity index (χ3v) is 6.61. The lowest BCUT2D eigenvalue weighted by Gasteiger charge is -2.15. The van der Waals surface area contributed by atoms with E-state index in [9.17, 15) is 13.2 Å². The van der Waals surface area contributed by atoms with Crippen LogP contribution in [0.5, 0.6) is 5.75 Å². The largest absolute Gasteiger partial charge is 0.482 e. The first-order valence-electron chi connectivity index (χ1n) is 9.12. The monoisotopic (exact) mass is 456 g/mol. The van der Waals surface area contributed by atoms with Crippen molar-refractivity contribution >= 4 is 39.3 Å². The Morgan fingerprint density at radius 3 is 2.48 bits per heavy atom. The van der Waals surface area contributed by atoms with E-state index in [1.54, 1.807) is 11.8 Å². The van der Waals surface area contributed by atoms with Crippen molar-refractivity contribution in [3.63, 3.8) is 0 Å². The SMILES string of the molecule is CCCNS(=O)(=O)c1ccc(OCC(=O)N[C@@H](C)c2ccc(SC)cc2)c(Cl)c1. The number of carbonyl (C=O) groups excluding carboxylic acids is 1. The van der Waals surface area contributed by atoms with Crippen LogP contribution in [0.4, 0.5) is 0 Å². The predicted molar refractivity (Wildman–Crippen MR) is 117 cm³/mol. The molecule has 0 aliphatic heterocycles. The number of carbonyl (C=O) groups is 1. The molecule has 0 bridgehead atoms. The number of nitrogens with one attached hydrogen (secondary N) is 2. The van der Waals surface area contributed by atoms with Crippen molar-refractivity contribution in [2.24, 2.45) is 0 Å². The van der Waals surface area contributed by atoms with E-state index in [0.717, 1.165) is 10.5 Å². The van der Waals surface area contributed by atoms with Gasteiger partial charge in [-0.3, -0.25) is 4.79 Å². The quantitative estimate of drug-likeness (QED) is 0.528.